The minimum atomic E-state index is -0.493. The summed E-state index contributed by atoms with van der Waals surface area (Å²) in [7, 11) is 0. The molecule has 1 aromatic heterocycles. The van der Waals surface area contributed by atoms with Gasteiger partial charge in [-0.15, -0.1) is 0 Å². The van der Waals surface area contributed by atoms with Crippen molar-refractivity contribution in [1.29, 1.82) is 0 Å². The predicted molar refractivity (Wildman–Crippen MR) is 88.1 cm³/mol. The monoisotopic (exact) mass is 314 g/mol. The van der Waals surface area contributed by atoms with Crippen LogP contribution in [0, 0.1) is 11.8 Å². The molecule has 3 rings (SSSR count). The van der Waals surface area contributed by atoms with Crippen LogP contribution in [0.5, 0.6) is 0 Å². The van der Waals surface area contributed by atoms with Crippen LogP contribution in [0.4, 0.5) is 0 Å². The molecule has 122 valence electrons. The first-order valence-electron chi connectivity index (χ1n) is 8.05. The summed E-state index contributed by atoms with van der Waals surface area (Å²) in [5, 5.41) is 0.949. The zero-order chi connectivity index (χ0) is 16.4. The summed E-state index contributed by atoms with van der Waals surface area (Å²) in [4.78, 5) is 29.2. The average Bonchev–Trinajstić information content (AvgIpc) is 2.95. The van der Waals surface area contributed by atoms with Crippen LogP contribution in [0.1, 0.15) is 30.8 Å². The van der Waals surface area contributed by atoms with Gasteiger partial charge in [0.05, 0.1) is 0 Å². The summed E-state index contributed by atoms with van der Waals surface area (Å²) in [6.45, 7) is 5.58. The molecule has 23 heavy (non-hydrogen) atoms. The molecule has 2 heterocycles. The van der Waals surface area contributed by atoms with Gasteiger partial charge < -0.3 is 14.6 Å². The Morgan fingerprint density at radius 3 is 2.61 bits per heavy atom. The summed E-state index contributed by atoms with van der Waals surface area (Å²) in [6.07, 6.45) is 1.14. The molecule has 0 spiro atoms. The van der Waals surface area contributed by atoms with Crippen molar-refractivity contribution in [2.45, 2.75) is 20.3 Å². The molecule has 0 radical (unpaired) electrons. The number of amides is 1. The number of piperidine rings is 1. The molecule has 1 N–H and O–H groups in total. The normalized spacial score (nSPS) is 21.4. The molecule has 2 atom stereocenters. The highest BCUT2D eigenvalue weighted by molar-refractivity contribution is 5.95. The van der Waals surface area contributed by atoms with Crippen LogP contribution in [0.15, 0.2) is 30.3 Å². The van der Waals surface area contributed by atoms with E-state index in [9.17, 15) is 9.59 Å². The first kappa shape index (κ1) is 15.6. The first-order chi connectivity index (χ1) is 11.0. The summed E-state index contributed by atoms with van der Waals surface area (Å²) >= 11 is 0. The summed E-state index contributed by atoms with van der Waals surface area (Å²) in [6, 6.07) is 9.37. The molecule has 0 unspecified atom stereocenters. The second kappa shape index (κ2) is 6.44. The van der Waals surface area contributed by atoms with E-state index in [1.165, 1.54) is 0 Å². The van der Waals surface area contributed by atoms with Crippen molar-refractivity contribution in [2.75, 3.05) is 19.7 Å². The van der Waals surface area contributed by atoms with Gasteiger partial charge in [-0.2, -0.15) is 0 Å². The van der Waals surface area contributed by atoms with Crippen molar-refractivity contribution in [3.8, 4) is 0 Å². The predicted octanol–water partition coefficient (Wildman–Crippen LogP) is 2.83. The lowest BCUT2D eigenvalue weighted by atomic mass is 9.92. The fraction of sp³-hybridized carbons (Fsp3) is 0.444. The number of carbonyl (C=O) groups is 2. The van der Waals surface area contributed by atoms with Crippen LogP contribution in [0.25, 0.3) is 10.9 Å². The number of esters is 1. The van der Waals surface area contributed by atoms with Gasteiger partial charge in [0.25, 0.3) is 5.91 Å². The largest absolute Gasteiger partial charge is 0.451 e. The van der Waals surface area contributed by atoms with Crippen molar-refractivity contribution in [3.63, 3.8) is 0 Å². The number of H-pyrrole nitrogens is 1. The maximum Gasteiger partial charge on any atom is 0.355 e. The van der Waals surface area contributed by atoms with Gasteiger partial charge in [0.15, 0.2) is 6.61 Å². The standard InChI is InChI=1S/C18H22N2O3/c1-12-7-13(2)10-20(9-12)17(21)11-23-18(22)16-8-14-5-3-4-6-15(14)19-16/h3-6,8,12-13,19H,7,9-11H2,1-2H3/t12-,13-/m1/s1. The number of fused-ring (bicyclic) bond motifs is 1. The van der Waals surface area contributed by atoms with Gasteiger partial charge in [-0.3, -0.25) is 4.79 Å². The number of aromatic nitrogens is 1. The molecule has 1 amide bonds. The van der Waals surface area contributed by atoms with Gasteiger partial charge in [-0.05, 0) is 30.4 Å². The number of rotatable bonds is 3. The first-order valence-corrected chi connectivity index (χ1v) is 8.05. The summed E-state index contributed by atoms with van der Waals surface area (Å²) < 4.78 is 5.18. The van der Waals surface area contributed by atoms with Crippen molar-refractivity contribution >= 4 is 22.8 Å². The number of benzene rings is 1. The molecule has 1 saturated heterocycles. The zero-order valence-corrected chi connectivity index (χ0v) is 13.5. The topological polar surface area (TPSA) is 62.4 Å². The van der Waals surface area contributed by atoms with E-state index in [1.807, 2.05) is 24.3 Å². The highest BCUT2D eigenvalue weighted by atomic mass is 16.5. The molecule has 1 aliphatic rings. The van der Waals surface area contributed by atoms with Crippen molar-refractivity contribution in [1.82, 2.24) is 9.88 Å². The third kappa shape index (κ3) is 3.55. The smallest absolute Gasteiger partial charge is 0.355 e. The number of carbonyl (C=O) groups excluding carboxylic acids is 2. The van der Waals surface area contributed by atoms with Gasteiger partial charge in [0.1, 0.15) is 5.69 Å². The molecule has 1 fully saturated rings. The Balaban J connectivity index is 1.59. The number of para-hydroxylation sites is 1. The Labute approximate surface area is 135 Å². The maximum atomic E-state index is 12.2. The third-order valence-corrected chi connectivity index (χ3v) is 4.30. The SMILES string of the molecule is C[C@@H]1C[C@@H](C)CN(C(=O)COC(=O)c2cc3ccccc3[nH]2)C1. The Hall–Kier alpha value is -2.30. The minimum Gasteiger partial charge on any atom is -0.451 e. The summed E-state index contributed by atoms with van der Waals surface area (Å²) in [5.74, 6) is 0.375. The molecular weight excluding hydrogens is 292 g/mol. The fourth-order valence-electron chi connectivity index (χ4n) is 3.35. The Morgan fingerprint density at radius 2 is 1.91 bits per heavy atom. The number of hydrogen-bond acceptors (Lipinski definition) is 3. The van der Waals surface area contributed by atoms with Crippen LogP contribution in [-0.2, 0) is 9.53 Å². The van der Waals surface area contributed by atoms with Crippen LogP contribution < -0.4 is 0 Å². The molecule has 0 bridgehead atoms. The number of nitrogens with one attached hydrogen (secondary N) is 1. The third-order valence-electron chi connectivity index (χ3n) is 4.30. The van der Waals surface area contributed by atoms with Crippen LogP contribution in [-0.4, -0.2) is 41.5 Å². The number of likely N-dealkylation sites (tertiary alicyclic amines) is 1. The van der Waals surface area contributed by atoms with Gasteiger partial charge in [-0.1, -0.05) is 32.0 Å². The van der Waals surface area contributed by atoms with Crippen molar-refractivity contribution < 1.29 is 14.3 Å². The van der Waals surface area contributed by atoms with Gasteiger partial charge >= 0.3 is 5.97 Å². The molecule has 0 saturated carbocycles. The van der Waals surface area contributed by atoms with Gasteiger partial charge in [0, 0.05) is 24.0 Å². The van der Waals surface area contributed by atoms with Crippen LogP contribution in [0.2, 0.25) is 0 Å². The van der Waals surface area contributed by atoms with Gasteiger partial charge in [0.2, 0.25) is 0 Å². The maximum absolute atomic E-state index is 12.2. The lowest BCUT2D eigenvalue weighted by Crippen LogP contribution is -2.44. The quantitative estimate of drug-likeness (QED) is 0.886. The van der Waals surface area contributed by atoms with E-state index in [4.69, 9.17) is 4.74 Å². The van der Waals surface area contributed by atoms with E-state index in [-0.39, 0.29) is 12.5 Å². The molecule has 2 aromatic rings. The Bertz CT molecular complexity index is 679. The van der Waals surface area contributed by atoms with E-state index in [0.717, 1.165) is 30.4 Å². The lowest BCUT2D eigenvalue weighted by Gasteiger charge is -2.34. The van der Waals surface area contributed by atoms with Crippen LogP contribution >= 0.6 is 0 Å². The van der Waals surface area contributed by atoms with Gasteiger partial charge in [-0.25, -0.2) is 4.79 Å². The zero-order valence-electron chi connectivity index (χ0n) is 13.5. The highest BCUT2D eigenvalue weighted by Gasteiger charge is 2.26. The lowest BCUT2D eigenvalue weighted by molar-refractivity contribution is -0.137. The number of ether oxygens (including phenoxy) is 1. The van der Waals surface area contributed by atoms with E-state index >= 15 is 0 Å². The summed E-state index contributed by atoms with van der Waals surface area (Å²) in [5.41, 5.74) is 1.25. The Kier molecular flexibility index (Phi) is 4.37. The van der Waals surface area contributed by atoms with Crippen molar-refractivity contribution in [3.05, 3.63) is 36.0 Å². The molecule has 1 aliphatic heterocycles. The average molecular weight is 314 g/mol. The molecule has 1 aromatic carbocycles. The number of hydrogen-bond donors (Lipinski definition) is 1. The molecule has 0 aliphatic carbocycles. The Morgan fingerprint density at radius 1 is 1.22 bits per heavy atom. The van der Waals surface area contributed by atoms with E-state index < -0.39 is 5.97 Å². The number of nitrogens with zero attached hydrogens (tertiary/aromatic N) is 1. The molecule has 5 nitrogen and oxygen atoms in total. The van der Waals surface area contributed by atoms with E-state index in [0.29, 0.717) is 17.5 Å². The van der Waals surface area contributed by atoms with E-state index in [2.05, 4.69) is 18.8 Å². The van der Waals surface area contributed by atoms with Crippen molar-refractivity contribution in [2.24, 2.45) is 11.8 Å². The molecular formula is C18H22N2O3. The highest BCUT2D eigenvalue weighted by Crippen LogP contribution is 2.21. The van der Waals surface area contributed by atoms with Crippen LogP contribution in [0.3, 0.4) is 0 Å². The molecule has 5 heteroatoms. The van der Waals surface area contributed by atoms with E-state index in [1.54, 1.807) is 11.0 Å². The number of aromatic amines is 1. The fourth-order valence-corrected chi connectivity index (χ4v) is 3.35. The second-order valence-electron chi connectivity index (χ2n) is 6.59. The second-order valence-corrected chi connectivity index (χ2v) is 6.59. The minimum absolute atomic E-state index is 0.118.